The Morgan fingerprint density at radius 2 is 2.14 bits per heavy atom. The number of aliphatic hydroxyl groups excluding tert-OH is 2. The minimum atomic E-state index is -0.426. The Morgan fingerprint density at radius 1 is 1.50 bits per heavy atom. The van der Waals surface area contributed by atoms with Crippen LogP contribution in [0.4, 0.5) is 0 Å². The Kier molecular flexibility index (Phi) is 7.65. The van der Waals surface area contributed by atoms with E-state index in [9.17, 15) is 4.79 Å². The van der Waals surface area contributed by atoms with E-state index in [1.54, 1.807) is 0 Å². The molecule has 0 aromatic rings. The zero-order chi connectivity index (χ0) is 11.0. The average Bonchev–Trinajstić information content (AvgIpc) is 2.71. The van der Waals surface area contributed by atoms with Crippen molar-refractivity contribution in [3.63, 3.8) is 0 Å². The largest absolute Gasteiger partial charge is 0.395 e. The standard InChI is InChI=1S/C8H15NO3.C2H6/c10-4-7-2-1-3-9(7)8(5-11)6-12;1-2/h5,7-8,10,12H,1-4,6H2;1-2H3/t7?,8-;/m1./s1. The predicted molar refractivity (Wildman–Crippen MR) is 55.1 cm³/mol. The highest BCUT2D eigenvalue weighted by atomic mass is 16.3. The molecular formula is C10H21NO3. The van der Waals surface area contributed by atoms with Crippen molar-refractivity contribution >= 4 is 6.29 Å². The van der Waals surface area contributed by atoms with Crippen molar-refractivity contribution < 1.29 is 15.0 Å². The highest BCUT2D eigenvalue weighted by Crippen LogP contribution is 2.18. The molecule has 0 radical (unpaired) electrons. The van der Waals surface area contributed by atoms with Gasteiger partial charge in [-0.05, 0) is 19.4 Å². The van der Waals surface area contributed by atoms with Crippen LogP contribution in [-0.2, 0) is 4.79 Å². The molecule has 4 heteroatoms. The van der Waals surface area contributed by atoms with Gasteiger partial charge >= 0.3 is 0 Å². The third-order valence-corrected chi connectivity index (χ3v) is 2.40. The van der Waals surface area contributed by atoms with Crippen LogP contribution in [0.5, 0.6) is 0 Å². The summed E-state index contributed by atoms with van der Waals surface area (Å²) in [6, 6.07) is -0.364. The summed E-state index contributed by atoms with van der Waals surface area (Å²) in [6.07, 6.45) is 2.66. The number of hydrogen-bond donors (Lipinski definition) is 2. The van der Waals surface area contributed by atoms with Gasteiger partial charge < -0.3 is 15.0 Å². The molecule has 0 saturated carbocycles. The first kappa shape index (κ1) is 13.5. The quantitative estimate of drug-likeness (QED) is 0.633. The maximum absolute atomic E-state index is 10.5. The van der Waals surface area contributed by atoms with E-state index in [0.29, 0.717) is 0 Å². The lowest BCUT2D eigenvalue weighted by molar-refractivity contribution is -0.114. The lowest BCUT2D eigenvalue weighted by Crippen LogP contribution is -2.43. The number of nitrogens with zero attached hydrogens (tertiary/aromatic N) is 1. The summed E-state index contributed by atoms with van der Waals surface area (Å²) < 4.78 is 0. The Labute approximate surface area is 85.5 Å². The van der Waals surface area contributed by atoms with Gasteiger partial charge in [-0.2, -0.15) is 0 Å². The monoisotopic (exact) mass is 203 g/mol. The number of hydrogen-bond acceptors (Lipinski definition) is 4. The average molecular weight is 203 g/mol. The molecule has 0 bridgehead atoms. The molecule has 2 atom stereocenters. The SMILES string of the molecule is CC.O=C[C@H](CO)N1CCCC1CO. The first-order valence-corrected chi connectivity index (χ1v) is 5.26. The summed E-state index contributed by atoms with van der Waals surface area (Å²) in [7, 11) is 0. The second kappa shape index (κ2) is 7.91. The fourth-order valence-corrected chi connectivity index (χ4v) is 1.72. The lowest BCUT2D eigenvalue weighted by atomic mass is 10.2. The molecule has 1 fully saturated rings. The van der Waals surface area contributed by atoms with E-state index in [4.69, 9.17) is 10.2 Å². The molecule has 2 N–H and O–H groups in total. The molecule has 4 nitrogen and oxygen atoms in total. The van der Waals surface area contributed by atoms with Crippen LogP contribution in [0.2, 0.25) is 0 Å². The normalized spacial score (nSPS) is 23.9. The number of aliphatic hydroxyl groups is 2. The first-order valence-electron chi connectivity index (χ1n) is 5.26. The van der Waals surface area contributed by atoms with E-state index < -0.39 is 6.04 Å². The Hall–Kier alpha value is -0.450. The summed E-state index contributed by atoms with van der Waals surface area (Å²) >= 11 is 0. The van der Waals surface area contributed by atoms with Crippen molar-refractivity contribution in [2.24, 2.45) is 0 Å². The molecule has 1 saturated heterocycles. The van der Waals surface area contributed by atoms with Crippen molar-refractivity contribution in [2.75, 3.05) is 19.8 Å². The van der Waals surface area contributed by atoms with Crippen LogP contribution in [0.25, 0.3) is 0 Å². The summed E-state index contributed by atoms with van der Waals surface area (Å²) in [4.78, 5) is 12.4. The van der Waals surface area contributed by atoms with Crippen molar-refractivity contribution in [3.05, 3.63) is 0 Å². The van der Waals surface area contributed by atoms with Gasteiger partial charge in [-0.3, -0.25) is 4.90 Å². The highest BCUT2D eigenvalue weighted by Gasteiger charge is 2.29. The second-order valence-corrected chi connectivity index (χ2v) is 3.10. The topological polar surface area (TPSA) is 60.8 Å². The first-order chi connectivity index (χ1) is 6.83. The lowest BCUT2D eigenvalue weighted by Gasteiger charge is -2.26. The van der Waals surface area contributed by atoms with E-state index in [1.807, 2.05) is 18.7 Å². The summed E-state index contributed by atoms with van der Waals surface area (Å²) in [5.74, 6) is 0. The van der Waals surface area contributed by atoms with E-state index in [2.05, 4.69) is 0 Å². The Balaban J connectivity index is 0.000000791. The molecule has 1 unspecified atom stereocenters. The van der Waals surface area contributed by atoms with Crippen molar-refractivity contribution in [1.82, 2.24) is 4.90 Å². The molecule has 1 heterocycles. The number of carbonyl (C=O) groups is 1. The molecule has 0 aromatic heterocycles. The van der Waals surface area contributed by atoms with E-state index in [1.165, 1.54) is 0 Å². The molecule has 0 aromatic carbocycles. The van der Waals surface area contributed by atoms with Crippen LogP contribution in [0.1, 0.15) is 26.7 Å². The van der Waals surface area contributed by atoms with Gasteiger partial charge in [0.2, 0.25) is 0 Å². The minimum Gasteiger partial charge on any atom is -0.395 e. The Morgan fingerprint density at radius 3 is 2.57 bits per heavy atom. The smallest absolute Gasteiger partial charge is 0.139 e. The van der Waals surface area contributed by atoms with Crippen LogP contribution in [-0.4, -0.2) is 53.2 Å². The molecule has 84 valence electrons. The molecule has 1 aliphatic heterocycles. The second-order valence-electron chi connectivity index (χ2n) is 3.10. The van der Waals surface area contributed by atoms with Gasteiger partial charge in [-0.25, -0.2) is 0 Å². The number of likely N-dealkylation sites (tertiary alicyclic amines) is 1. The molecule has 0 amide bonds. The van der Waals surface area contributed by atoms with Gasteiger partial charge in [-0.1, -0.05) is 13.8 Å². The molecular weight excluding hydrogens is 182 g/mol. The third-order valence-electron chi connectivity index (χ3n) is 2.40. The highest BCUT2D eigenvalue weighted by molar-refractivity contribution is 5.57. The van der Waals surface area contributed by atoms with Gasteiger partial charge in [0, 0.05) is 6.04 Å². The molecule has 1 aliphatic rings. The minimum absolute atomic E-state index is 0.0624. The van der Waals surface area contributed by atoms with Crippen LogP contribution in [0, 0.1) is 0 Å². The molecule has 0 spiro atoms. The fourth-order valence-electron chi connectivity index (χ4n) is 1.72. The van der Waals surface area contributed by atoms with Gasteiger partial charge in [0.05, 0.1) is 19.3 Å². The predicted octanol–water partition coefficient (Wildman–Crippen LogP) is 0.0291. The summed E-state index contributed by atoms with van der Waals surface area (Å²) in [6.45, 7) is 4.72. The number of aldehydes is 1. The maximum atomic E-state index is 10.5. The molecule has 0 aliphatic carbocycles. The third kappa shape index (κ3) is 3.36. The van der Waals surface area contributed by atoms with Crippen LogP contribution < -0.4 is 0 Å². The van der Waals surface area contributed by atoms with Crippen LogP contribution in [0.15, 0.2) is 0 Å². The van der Waals surface area contributed by atoms with Crippen molar-refractivity contribution in [2.45, 2.75) is 38.8 Å². The van der Waals surface area contributed by atoms with Crippen molar-refractivity contribution in [3.8, 4) is 0 Å². The number of carbonyl (C=O) groups excluding carboxylic acids is 1. The van der Waals surface area contributed by atoms with Gasteiger partial charge in [0.1, 0.15) is 6.29 Å². The van der Waals surface area contributed by atoms with Crippen LogP contribution in [0.3, 0.4) is 0 Å². The van der Waals surface area contributed by atoms with Gasteiger partial charge in [0.25, 0.3) is 0 Å². The summed E-state index contributed by atoms with van der Waals surface area (Å²) in [5, 5.41) is 17.8. The summed E-state index contributed by atoms with van der Waals surface area (Å²) in [5.41, 5.74) is 0. The number of rotatable bonds is 4. The Bertz CT molecular complexity index is 152. The van der Waals surface area contributed by atoms with Crippen molar-refractivity contribution in [1.29, 1.82) is 0 Å². The van der Waals surface area contributed by atoms with E-state index >= 15 is 0 Å². The van der Waals surface area contributed by atoms with Crippen LogP contribution >= 0.6 is 0 Å². The van der Waals surface area contributed by atoms with E-state index in [-0.39, 0.29) is 19.3 Å². The fraction of sp³-hybridized carbons (Fsp3) is 0.900. The maximum Gasteiger partial charge on any atom is 0.139 e. The van der Waals surface area contributed by atoms with Gasteiger partial charge in [0.15, 0.2) is 0 Å². The molecule has 14 heavy (non-hydrogen) atoms. The zero-order valence-electron chi connectivity index (χ0n) is 9.02. The molecule has 1 rings (SSSR count). The van der Waals surface area contributed by atoms with Gasteiger partial charge in [-0.15, -0.1) is 0 Å². The zero-order valence-corrected chi connectivity index (χ0v) is 9.02. The van der Waals surface area contributed by atoms with E-state index in [0.717, 1.165) is 25.7 Å².